The van der Waals surface area contributed by atoms with Crippen molar-refractivity contribution in [3.8, 4) is 0 Å². The second-order valence-electron chi connectivity index (χ2n) is 4.33. The Morgan fingerprint density at radius 2 is 1.94 bits per heavy atom. The zero-order valence-electron chi connectivity index (χ0n) is 9.82. The highest BCUT2D eigenvalue weighted by Gasteiger charge is 2.27. The van der Waals surface area contributed by atoms with Gasteiger partial charge in [0.15, 0.2) is 0 Å². The maximum atomic E-state index is 11.8. The fourth-order valence-electron chi connectivity index (χ4n) is 1.80. The Kier molecular flexibility index (Phi) is 5.55. The van der Waals surface area contributed by atoms with Crippen molar-refractivity contribution in [1.82, 2.24) is 10.2 Å². The van der Waals surface area contributed by atoms with Gasteiger partial charge in [0, 0.05) is 25.6 Å². The van der Waals surface area contributed by atoms with Crippen LogP contribution in [0.3, 0.4) is 0 Å². The van der Waals surface area contributed by atoms with Gasteiger partial charge in [0.05, 0.1) is 0 Å². The molecule has 0 spiro atoms. The maximum absolute atomic E-state index is 11.8. The molecule has 16 heavy (non-hydrogen) atoms. The number of nitrogens with one attached hydrogen (secondary N) is 1. The SMILES string of the molecule is CCN(CCNCCCC(F)(F)F)C1CC1. The Labute approximate surface area is 95.2 Å². The molecule has 0 unspecified atom stereocenters. The van der Waals surface area contributed by atoms with Gasteiger partial charge < -0.3 is 5.32 Å². The zero-order chi connectivity index (χ0) is 12.0. The first-order chi connectivity index (χ1) is 7.53. The Balaban J connectivity index is 1.91. The van der Waals surface area contributed by atoms with Crippen molar-refractivity contribution < 1.29 is 13.2 Å². The summed E-state index contributed by atoms with van der Waals surface area (Å²) < 4.78 is 35.5. The van der Waals surface area contributed by atoms with E-state index >= 15 is 0 Å². The van der Waals surface area contributed by atoms with E-state index in [2.05, 4.69) is 17.1 Å². The fourth-order valence-corrected chi connectivity index (χ4v) is 1.80. The smallest absolute Gasteiger partial charge is 0.315 e. The lowest BCUT2D eigenvalue weighted by molar-refractivity contribution is -0.135. The number of halogens is 3. The molecule has 0 heterocycles. The maximum Gasteiger partial charge on any atom is 0.389 e. The van der Waals surface area contributed by atoms with Crippen LogP contribution >= 0.6 is 0 Å². The van der Waals surface area contributed by atoms with E-state index in [4.69, 9.17) is 0 Å². The predicted molar refractivity (Wildman–Crippen MR) is 58.4 cm³/mol. The molecule has 0 atom stereocenters. The molecule has 0 aromatic rings. The molecule has 1 rings (SSSR count). The van der Waals surface area contributed by atoms with E-state index in [1.165, 1.54) is 12.8 Å². The molecule has 5 heteroatoms. The van der Waals surface area contributed by atoms with Crippen LogP contribution in [0.1, 0.15) is 32.6 Å². The van der Waals surface area contributed by atoms with Gasteiger partial charge in [-0.15, -0.1) is 0 Å². The lowest BCUT2D eigenvalue weighted by Crippen LogP contribution is -2.34. The van der Waals surface area contributed by atoms with E-state index < -0.39 is 12.6 Å². The summed E-state index contributed by atoms with van der Waals surface area (Å²) in [5.74, 6) is 0. The molecule has 2 nitrogen and oxygen atoms in total. The molecule has 0 aromatic carbocycles. The number of hydrogen-bond acceptors (Lipinski definition) is 2. The van der Waals surface area contributed by atoms with Gasteiger partial charge in [0.2, 0.25) is 0 Å². The lowest BCUT2D eigenvalue weighted by atomic mass is 10.3. The number of nitrogens with zero attached hydrogens (tertiary/aromatic N) is 1. The van der Waals surface area contributed by atoms with Crippen LogP contribution in [0.15, 0.2) is 0 Å². The number of hydrogen-bond donors (Lipinski definition) is 1. The van der Waals surface area contributed by atoms with Gasteiger partial charge in [-0.1, -0.05) is 6.92 Å². The molecular weight excluding hydrogens is 217 g/mol. The number of rotatable bonds is 8. The normalized spacial score (nSPS) is 17.1. The van der Waals surface area contributed by atoms with E-state index in [1.807, 2.05) is 0 Å². The summed E-state index contributed by atoms with van der Waals surface area (Å²) in [5, 5.41) is 3.06. The van der Waals surface area contributed by atoms with Crippen molar-refractivity contribution >= 4 is 0 Å². The zero-order valence-corrected chi connectivity index (χ0v) is 9.82. The Bertz CT molecular complexity index is 190. The van der Waals surface area contributed by atoms with Crippen LogP contribution in [0.2, 0.25) is 0 Å². The van der Waals surface area contributed by atoms with Gasteiger partial charge in [-0.25, -0.2) is 0 Å². The Hall–Kier alpha value is -0.290. The van der Waals surface area contributed by atoms with Crippen molar-refractivity contribution in [2.45, 2.75) is 44.8 Å². The van der Waals surface area contributed by atoms with Crippen molar-refractivity contribution in [3.05, 3.63) is 0 Å². The summed E-state index contributed by atoms with van der Waals surface area (Å²) in [6.07, 6.45) is -1.95. The molecule has 0 saturated heterocycles. The predicted octanol–water partition coefficient (Wildman–Crippen LogP) is 2.40. The number of alkyl halides is 3. The highest BCUT2D eigenvalue weighted by molar-refractivity contribution is 4.83. The first-order valence-electron chi connectivity index (χ1n) is 6.04. The van der Waals surface area contributed by atoms with E-state index in [-0.39, 0.29) is 6.42 Å². The van der Waals surface area contributed by atoms with Crippen LogP contribution in [0.4, 0.5) is 13.2 Å². The summed E-state index contributed by atoms with van der Waals surface area (Å²) in [7, 11) is 0. The third kappa shape index (κ3) is 6.33. The minimum Gasteiger partial charge on any atom is -0.315 e. The van der Waals surface area contributed by atoms with Gasteiger partial charge in [0.1, 0.15) is 0 Å². The Morgan fingerprint density at radius 1 is 1.25 bits per heavy atom. The number of likely N-dealkylation sites (N-methyl/N-ethyl adjacent to an activating group) is 1. The molecule has 0 aliphatic heterocycles. The van der Waals surface area contributed by atoms with Gasteiger partial charge in [0.25, 0.3) is 0 Å². The summed E-state index contributed by atoms with van der Waals surface area (Å²) >= 11 is 0. The molecule has 0 radical (unpaired) electrons. The van der Waals surface area contributed by atoms with E-state index in [9.17, 15) is 13.2 Å². The highest BCUT2D eigenvalue weighted by Crippen LogP contribution is 2.25. The van der Waals surface area contributed by atoms with Crippen LogP contribution < -0.4 is 5.32 Å². The fraction of sp³-hybridized carbons (Fsp3) is 1.00. The highest BCUT2D eigenvalue weighted by atomic mass is 19.4. The van der Waals surface area contributed by atoms with Crippen LogP contribution in [0.25, 0.3) is 0 Å². The molecule has 0 bridgehead atoms. The molecule has 1 fully saturated rings. The molecule has 1 N–H and O–H groups in total. The van der Waals surface area contributed by atoms with Crippen LogP contribution in [0.5, 0.6) is 0 Å². The summed E-state index contributed by atoms with van der Waals surface area (Å²) in [6, 6.07) is 0.738. The summed E-state index contributed by atoms with van der Waals surface area (Å²) in [4.78, 5) is 2.39. The van der Waals surface area contributed by atoms with Crippen molar-refractivity contribution in [1.29, 1.82) is 0 Å². The summed E-state index contributed by atoms with van der Waals surface area (Å²) in [6.45, 7) is 5.37. The minimum absolute atomic E-state index is 0.180. The van der Waals surface area contributed by atoms with Crippen LogP contribution in [-0.2, 0) is 0 Å². The van der Waals surface area contributed by atoms with Crippen molar-refractivity contribution in [2.75, 3.05) is 26.2 Å². The molecule has 1 aliphatic carbocycles. The standard InChI is InChI=1S/C11H21F3N2/c1-2-16(10-4-5-10)9-8-15-7-3-6-11(12,13)14/h10,15H,2-9H2,1H3. The first-order valence-corrected chi connectivity index (χ1v) is 6.04. The van der Waals surface area contributed by atoms with Gasteiger partial charge in [-0.05, 0) is 32.4 Å². The Morgan fingerprint density at radius 3 is 2.44 bits per heavy atom. The van der Waals surface area contributed by atoms with Gasteiger partial charge in [-0.2, -0.15) is 13.2 Å². The molecule has 1 aliphatic rings. The van der Waals surface area contributed by atoms with E-state index in [0.717, 1.165) is 25.7 Å². The van der Waals surface area contributed by atoms with E-state index in [1.54, 1.807) is 0 Å². The average Bonchev–Trinajstić information content (AvgIpc) is 2.99. The quantitative estimate of drug-likeness (QED) is 0.653. The third-order valence-electron chi connectivity index (χ3n) is 2.86. The van der Waals surface area contributed by atoms with E-state index in [0.29, 0.717) is 6.54 Å². The topological polar surface area (TPSA) is 15.3 Å². The van der Waals surface area contributed by atoms with Crippen molar-refractivity contribution in [2.24, 2.45) is 0 Å². The monoisotopic (exact) mass is 238 g/mol. The van der Waals surface area contributed by atoms with Gasteiger partial charge in [-0.3, -0.25) is 4.90 Å². The van der Waals surface area contributed by atoms with Gasteiger partial charge >= 0.3 is 6.18 Å². The molecule has 0 amide bonds. The third-order valence-corrected chi connectivity index (χ3v) is 2.86. The molecule has 1 saturated carbocycles. The van der Waals surface area contributed by atoms with Crippen molar-refractivity contribution in [3.63, 3.8) is 0 Å². The van der Waals surface area contributed by atoms with Crippen LogP contribution in [-0.4, -0.2) is 43.3 Å². The average molecular weight is 238 g/mol. The molecular formula is C11H21F3N2. The lowest BCUT2D eigenvalue weighted by Gasteiger charge is -2.19. The second-order valence-corrected chi connectivity index (χ2v) is 4.33. The summed E-state index contributed by atoms with van der Waals surface area (Å²) in [5.41, 5.74) is 0. The molecule has 0 aromatic heterocycles. The first kappa shape index (κ1) is 13.8. The largest absolute Gasteiger partial charge is 0.389 e. The van der Waals surface area contributed by atoms with Crippen LogP contribution in [0, 0.1) is 0 Å². The molecule has 96 valence electrons. The minimum atomic E-state index is -4.01. The second kappa shape index (κ2) is 6.45.